The number of ether oxygens (including phenoxy) is 3. The number of imidazole rings is 1. The number of amides is 1. The number of rotatable bonds is 9. The molecule has 0 bridgehead atoms. The molecular weight excluding hydrogens is 516 g/mol. The second-order valence-corrected chi connectivity index (χ2v) is 9.46. The minimum absolute atomic E-state index is 0.308. The van der Waals surface area contributed by atoms with Gasteiger partial charge < -0.3 is 19.2 Å². The van der Waals surface area contributed by atoms with Crippen LogP contribution in [-0.2, 0) is 9.53 Å². The molecule has 1 amide bonds. The molecule has 2 aromatic heterocycles. The number of methoxy groups -OCH3 is 2. The van der Waals surface area contributed by atoms with Crippen molar-refractivity contribution in [2.75, 3.05) is 19.5 Å². The van der Waals surface area contributed by atoms with Crippen LogP contribution >= 0.6 is 11.3 Å². The van der Waals surface area contributed by atoms with E-state index in [1.807, 2.05) is 53.9 Å². The van der Waals surface area contributed by atoms with Crippen LogP contribution < -0.4 is 14.8 Å². The Balaban J connectivity index is 1.25. The molecule has 5 rings (SSSR count). The summed E-state index contributed by atoms with van der Waals surface area (Å²) >= 11 is 1.30. The molecule has 39 heavy (non-hydrogen) atoms. The van der Waals surface area contributed by atoms with Crippen molar-refractivity contribution in [2.45, 2.75) is 19.4 Å². The van der Waals surface area contributed by atoms with Gasteiger partial charge in [0.15, 0.2) is 11.2 Å². The first-order valence-electron chi connectivity index (χ1n) is 12.2. The molecule has 0 radical (unpaired) electrons. The molecule has 0 aliphatic heterocycles. The van der Waals surface area contributed by atoms with E-state index in [9.17, 15) is 9.59 Å². The third-order valence-electron chi connectivity index (χ3n) is 6.11. The first-order chi connectivity index (χ1) is 19.0. The lowest BCUT2D eigenvalue weighted by Crippen LogP contribution is -2.32. The molecule has 2 heterocycles. The van der Waals surface area contributed by atoms with Crippen molar-refractivity contribution in [3.63, 3.8) is 0 Å². The second-order valence-electron chi connectivity index (χ2n) is 8.60. The highest BCUT2D eigenvalue weighted by Crippen LogP contribution is 2.27. The summed E-state index contributed by atoms with van der Waals surface area (Å²) in [5, 5.41) is 5.04. The largest absolute Gasteiger partial charge is 0.497 e. The Morgan fingerprint density at radius 3 is 2.23 bits per heavy atom. The standard InChI is InChI=1S/C29H26N4O5S/c1-4-25(27(34)33-29-32-24(16-39-29)17-5-10-20(36-2)11-6-17)38-28(35)19-9-14-22-23(15-19)31-26(30-22)18-7-12-21(37-3)13-8-18/h5-16,25H,4H2,1-3H3,(H,30,31)(H,32,33,34). The quantitative estimate of drug-likeness (QED) is 0.221. The average Bonchev–Trinajstić information content (AvgIpc) is 3.62. The van der Waals surface area contributed by atoms with Crippen LogP contribution in [0.1, 0.15) is 23.7 Å². The van der Waals surface area contributed by atoms with Gasteiger partial charge in [-0.05, 0) is 73.2 Å². The number of benzene rings is 3. The van der Waals surface area contributed by atoms with Gasteiger partial charge in [0.25, 0.3) is 5.91 Å². The molecule has 2 N–H and O–H groups in total. The molecule has 0 spiro atoms. The minimum Gasteiger partial charge on any atom is -0.497 e. The number of hydrogen-bond donors (Lipinski definition) is 2. The number of H-pyrrole nitrogens is 1. The maximum atomic E-state index is 12.9. The molecule has 0 aliphatic carbocycles. The topological polar surface area (TPSA) is 115 Å². The van der Waals surface area contributed by atoms with Gasteiger partial charge in [0.2, 0.25) is 0 Å². The summed E-state index contributed by atoms with van der Waals surface area (Å²) in [5.74, 6) is 1.13. The predicted octanol–water partition coefficient (Wildman–Crippen LogP) is 5.94. The number of thiazole rings is 1. The number of aromatic amines is 1. The summed E-state index contributed by atoms with van der Waals surface area (Å²) in [7, 11) is 3.22. The van der Waals surface area contributed by atoms with Crippen LogP contribution in [-0.4, -0.2) is 47.2 Å². The lowest BCUT2D eigenvalue weighted by Gasteiger charge is -2.15. The first kappa shape index (κ1) is 25.9. The highest BCUT2D eigenvalue weighted by molar-refractivity contribution is 7.14. The Morgan fingerprint density at radius 1 is 0.923 bits per heavy atom. The van der Waals surface area contributed by atoms with Crippen molar-refractivity contribution in [3.8, 4) is 34.1 Å². The van der Waals surface area contributed by atoms with Crippen molar-refractivity contribution >= 4 is 39.4 Å². The van der Waals surface area contributed by atoms with Crippen LogP contribution in [0.2, 0.25) is 0 Å². The van der Waals surface area contributed by atoms with E-state index < -0.39 is 18.0 Å². The second kappa shape index (κ2) is 11.4. The molecule has 198 valence electrons. The summed E-state index contributed by atoms with van der Waals surface area (Å²) in [4.78, 5) is 38.1. The summed E-state index contributed by atoms with van der Waals surface area (Å²) in [6.07, 6.45) is -0.666. The van der Waals surface area contributed by atoms with Crippen molar-refractivity contribution in [3.05, 3.63) is 77.7 Å². The molecule has 0 fully saturated rings. The molecule has 10 heteroatoms. The molecule has 0 saturated carbocycles. The lowest BCUT2D eigenvalue weighted by molar-refractivity contribution is -0.124. The maximum absolute atomic E-state index is 12.9. The first-order valence-corrected chi connectivity index (χ1v) is 13.1. The number of esters is 1. The van der Waals surface area contributed by atoms with Crippen LogP contribution in [0, 0.1) is 0 Å². The van der Waals surface area contributed by atoms with Gasteiger partial charge in [-0.15, -0.1) is 11.3 Å². The van der Waals surface area contributed by atoms with Gasteiger partial charge >= 0.3 is 5.97 Å². The van der Waals surface area contributed by atoms with Crippen LogP contribution in [0.3, 0.4) is 0 Å². The van der Waals surface area contributed by atoms with E-state index in [-0.39, 0.29) is 0 Å². The molecule has 0 aliphatic rings. The molecule has 9 nitrogen and oxygen atoms in total. The summed E-state index contributed by atoms with van der Waals surface area (Å²) in [6.45, 7) is 1.78. The van der Waals surface area contributed by atoms with Gasteiger partial charge in [0, 0.05) is 16.5 Å². The van der Waals surface area contributed by atoms with Gasteiger partial charge in [-0.3, -0.25) is 10.1 Å². The van der Waals surface area contributed by atoms with Crippen LogP contribution in [0.15, 0.2) is 72.1 Å². The number of nitrogens with zero attached hydrogens (tertiary/aromatic N) is 2. The van der Waals surface area contributed by atoms with Crippen molar-refractivity contribution < 1.29 is 23.8 Å². The van der Waals surface area contributed by atoms with Crippen LogP contribution in [0.5, 0.6) is 11.5 Å². The minimum atomic E-state index is -0.974. The predicted molar refractivity (Wildman–Crippen MR) is 150 cm³/mol. The Labute approximate surface area is 228 Å². The highest BCUT2D eigenvalue weighted by atomic mass is 32.1. The monoisotopic (exact) mass is 542 g/mol. The molecule has 1 atom stereocenters. The fraction of sp³-hybridized carbons (Fsp3) is 0.172. The van der Waals surface area contributed by atoms with E-state index in [0.717, 1.165) is 28.3 Å². The Kier molecular flexibility index (Phi) is 7.55. The summed E-state index contributed by atoms with van der Waals surface area (Å²) in [6, 6.07) is 20.0. The van der Waals surface area contributed by atoms with Gasteiger partial charge in [0.1, 0.15) is 17.3 Å². The van der Waals surface area contributed by atoms with Crippen LogP contribution in [0.25, 0.3) is 33.7 Å². The third kappa shape index (κ3) is 5.75. The smallest absolute Gasteiger partial charge is 0.338 e. The van der Waals surface area contributed by atoms with Gasteiger partial charge in [0.05, 0.1) is 36.5 Å². The van der Waals surface area contributed by atoms with E-state index in [0.29, 0.717) is 34.0 Å². The number of carbonyl (C=O) groups is 2. The Morgan fingerprint density at radius 2 is 1.59 bits per heavy atom. The zero-order valence-electron chi connectivity index (χ0n) is 21.6. The lowest BCUT2D eigenvalue weighted by atomic mass is 10.2. The maximum Gasteiger partial charge on any atom is 0.338 e. The summed E-state index contributed by atoms with van der Waals surface area (Å²) in [5.41, 5.74) is 4.21. The number of aromatic nitrogens is 3. The van der Waals surface area contributed by atoms with Gasteiger partial charge in [-0.1, -0.05) is 6.92 Å². The molecule has 1 unspecified atom stereocenters. The fourth-order valence-corrected chi connectivity index (χ4v) is 4.68. The molecule has 0 saturated heterocycles. The van der Waals surface area contributed by atoms with E-state index in [4.69, 9.17) is 14.2 Å². The number of hydrogen-bond acceptors (Lipinski definition) is 8. The normalized spacial score (nSPS) is 11.7. The summed E-state index contributed by atoms with van der Waals surface area (Å²) < 4.78 is 16.0. The number of fused-ring (bicyclic) bond motifs is 1. The Hall–Kier alpha value is -4.70. The van der Waals surface area contributed by atoms with Gasteiger partial charge in [-0.25, -0.2) is 14.8 Å². The zero-order valence-corrected chi connectivity index (χ0v) is 22.4. The van der Waals surface area contributed by atoms with E-state index in [1.165, 1.54) is 11.3 Å². The highest BCUT2D eigenvalue weighted by Gasteiger charge is 2.23. The van der Waals surface area contributed by atoms with E-state index in [2.05, 4.69) is 20.3 Å². The third-order valence-corrected chi connectivity index (χ3v) is 6.87. The molecular formula is C29H26N4O5S. The van der Waals surface area contributed by atoms with Crippen molar-refractivity contribution in [1.29, 1.82) is 0 Å². The number of nitrogens with one attached hydrogen (secondary N) is 2. The van der Waals surface area contributed by atoms with Crippen LogP contribution in [0.4, 0.5) is 5.13 Å². The average molecular weight is 543 g/mol. The molecule has 5 aromatic rings. The number of anilines is 1. The number of carbonyl (C=O) groups excluding carboxylic acids is 2. The zero-order chi connectivity index (χ0) is 27.4. The Bertz CT molecular complexity index is 1610. The van der Waals surface area contributed by atoms with E-state index >= 15 is 0 Å². The fourth-order valence-electron chi connectivity index (χ4n) is 3.95. The van der Waals surface area contributed by atoms with Crippen molar-refractivity contribution in [1.82, 2.24) is 15.0 Å². The van der Waals surface area contributed by atoms with Gasteiger partial charge in [-0.2, -0.15) is 0 Å². The molecule has 3 aromatic carbocycles. The SMILES string of the molecule is CCC(OC(=O)c1ccc2nc(-c3ccc(OC)cc3)[nH]c2c1)C(=O)Nc1nc(-c2ccc(OC)cc2)cs1. The van der Waals surface area contributed by atoms with Crippen molar-refractivity contribution in [2.24, 2.45) is 0 Å². The van der Waals surface area contributed by atoms with E-state index in [1.54, 1.807) is 39.3 Å².